The van der Waals surface area contributed by atoms with Crippen LogP contribution in [0.5, 0.6) is 0 Å². The molecule has 30 heavy (non-hydrogen) atoms. The number of amides is 2. The molecule has 0 bridgehead atoms. The SMILES string of the molecule is Cn1cc(-c2[nH]c3cc(C4(CC(N)=O)CCCCC4)cc4c3c2C=NNC4=O)cn1. The summed E-state index contributed by atoms with van der Waals surface area (Å²) >= 11 is 0. The smallest absolute Gasteiger partial charge is 0.272 e. The predicted octanol–water partition coefficient (Wildman–Crippen LogP) is 2.72. The summed E-state index contributed by atoms with van der Waals surface area (Å²) in [7, 11) is 1.86. The van der Waals surface area contributed by atoms with Crippen molar-refractivity contribution in [1.29, 1.82) is 0 Å². The first kappa shape index (κ1) is 18.6. The van der Waals surface area contributed by atoms with Crippen LogP contribution < -0.4 is 11.2 Å². The molecule has 2 amide bonds. The highest BCUT2D eigenvalue weighted by molar-refractivity contribution is 6.17. The fourth-order valence-electron chi connectivity index (χ4n) is 5.10. The number of nitrogens with two attached hydrogens (primary N) is 1. The van der Waals surface area contributed by atoms with Crippen molar-refractivity contribution in [2.75, 3.05) is 0 Å². The summed E-state index contributed by atoms with van der Waals surface area (Å²) in [6, 6.07) is 4.02. The number of H-pyrrole nitrogens is 1. The zero-order valence-corrected chi connectivity index (χ0v) is 16.9. The van der Waals surface area contributed by atoms with E-state index in [0.717, 1.165) is 65.4 Å². The van der Waals surface area contributed by atoms with Crippen LogP contribution in [0, 0.1) is 0 Å². The van der Waals surface area contributed by atoms with Gasteiger partial charge in [0.05, 0.1) is 23.7 Å². The van der Waals surface area contributed by atoms with Crippen LogP contribution in [-0.4, -0.2) is 32.8 Å². The number of primary amides is 1. The lowest BCUT2D eigenvalue weighted by Gasteiger charge is -2.37. The number of hydrogen-bond acceptors (Lipinski definition) is 4. The van der Waals surface area contributed by atoms with Crippen molar-refractivity contribution < 1.29 is 9.59 Å². The second-order valence-corrected chi connectivity index (χ2v) is 8.45. The van der Waals surface area contributed by atoms with Crippen LogP contribution >= 0.6 is 0 Å². The molecule has 3 heterocycles. The third kappa shape index (κ3) is 2.91. The monoisotopic (exact) mass is 404 g/mol. The number of benzene rings is 1. The Kier molecular flexibility index (Phi) is 4.23. The molecule has 0 unspecified atom stereocenters. The van der Waals surface area contributed by atoms with Gasteiger partial charge in [0, 0.05) is 47.1 Å². The zero-order chi connectivity index (χ0) is 20.9. The van der Waals surface area contributed by atoms with E-state index >= 15 is 0 Å². The first-order valence-electron chi connectivity index (χ1n) is 10.3. The van der Waals surface area contributed by atoms with Crippen LogP contribution in [0.1, 0.15) is 60.0 Å². The van der Waals surface area contributed by atoms with E-state index in [-0.39, 0.29) is 17.2 Å². The topological polar surface area (TPSA) is 118 Å². The second-order valence-electron chi connectivity index (χ2n) is 8.45. The van der Waals surface area contributed by atoms with Gasteiger partial charge in [0.1, 0.15) is 0 Å². The Labute approximate surface area is 173 Å². The third-order valence-corrected chi connectivity index (χ3v) is 6.47. The highest BCUT2D eigenvalue weighted by Crippen LogP contribution is 2.44. The van der Waals surface area contributed by atoms with Gasteiger partial charge < -0.3 is 10.7 Å². The Morgan fingerprint density at radius 2 is 2.07 bits per heavy atom. The molecule has 1 fully saturated rings. The van der Waals surface area contributed by atoms with Crippen molar-refractivity contribution in [3.05, 3.63) is 41.2 Å². The van der Waals surface area contributed by atoms with Crippen molar-refractivity contribution in [3.8, 4) is 11.3 Å². The van der Waals surface area contributed by atoms with E-state index in [9.17, 15) is 9.59 Å². The summed E-state index contributed by atoms with van der Waals surface area (Å²) in [5.74, 6) is -0.558. The molecular weight excluding hydrogens is 380 g/mol. The van der Waals surface area contributed by atoms with Crippen LogP contribution in [0.25, 0.3) is 22.2 Å². The van der Waals surface area contributed by atoms with E-state index in [1.54, 1.807) is 17.1 Å². The molecule has 0 spiro atoms. The van der Waals surface area contributed by atoms with Crippen LogP contribution in [0.3, 0.4) is 0 Å². The normalized spacial score (nSPS) is 17.7. The van der Waals surface area contributed by atoms with Crippen molar-refractivity contribution in [1.82, 2.24) is 20.2 Å². The molecule has 1 saturated carbocycles. The average Bonchev–Trinajstić information content (AvgIpc) is 3.26. The van der Waals surface area contributed by atoms with Crippen molar-refractivity contribution >= 4 is 28.9 Å². The summed E-state index contributed by atoms with van der Waals surface area (Å²) in [4.78, 5) is 28.3. The Morgan fingerprint density at radius 3 is 2.77 bits per heavy atom. The van der Waals surface area contributed by atoms with Gasteiger partial charge in [-0.2, -0.15) is 10.2 Å². The molecule has 3 aromatic rings. The minimum absolute atomic E-state index is 0.251. The lowest BCUT2D eigenvalue weighted by molar-refractivity contribution is -0.119. The van der Waals surface area contributed by atoms with Crippen LogP contribution in [0.2, 0.25) is 0 Å². The Balaban J connectivity index is 1.76. The number of rotatable bonds is 4. The number of aromatic nitrogens is 3. The number of nitrogens with one attached hydrogen (secondary N) is 2. The van der Waals surface area contributed by atoms with E-state index in [1.807, 2.05) is 19.3 Å². The highest BCUT2D eigenvalue weighted by atomic mass is 16.2. The number of hydrogen-bond donors (Lipinski definition) is 3. The average molecular weight is 404 g/mol. The molecule has 1 aliphatic heterocycles. The maximum Gasteiger partial charge on any atom is 0.272 e. The van der Waals surface area contributed by atoms with Gasteiger partial charge in [0.2, 0.25) is 5.91 Å². The Morgan fingerprint density at radius 1 is 1.27 bits per heavy atom. The van der Waals surface area contributed by atoms with Crippen LogP contribution in [0.15, 0.2) is 29.6 Å². The van der Waals surface area contributed by atoms with Gasteiger partial charge in [-0.1, -0.05) is 19.3 Å². The minimum atomic E-state index is -0.331. The predicted molar refractivity (Wildman–Crippen MR) is 114 cm³/mol. The van der Waals surface area contributed by atoms with Gasteiger partial charge in [0.15, 0.2) is 0 Å². The fourth-order valence-corrected chi connectivity index (χ4v) is 5.10. The third-order valence-electron chi connectivity index (χ3n) is 6.47. The Hall–Kier alpha value is -3.42. The summed E-state index contributed by atoms with van der Waals surface area (Å²) in [5.41, 5.74) is 13.0. The molecular formula is C22H24N6O2. The number of nitrogens with zero attached hydrogens (tertiary/aromatic N) is 3. The molecule has 4 N–H and O–H groups in total. The van der Waals surface area contributed by atoms with Crippen molar-refractivity contribution in [2.45, 2.75) is 43.9 Å². The summed E-state index contributed by atoms with van der Waals surface area (Å²) in [5, 5.41) is 9.22. The maximum atomic E-state index is 12.9. The van der Waals surface area contributed by atoms with Crippen LogP contribution in [0.4, 0.5) is 0 Å². The lowest BCUT2D eigenvalue weighted by atomic mass is 9.67. The molecule has 1 aromatic carbocycles. The second kappa shape index (κ2) is 6.83. The molecule has 0 radical (unpaired) electrons. The molecule has 2 aromatic heterocycles. The first-order valence-corrected chi connectivity index (χ1v) is 10.3. The van der Waals surface area contributed by atoms with Gasteiger partial charge in [-0.3, -0.25) is 14.3 Å². The fraction of sp³-hybridized carbons (Fsp3) is 0.364. The van der Waals surface area contributed by atoms with Gasteiger partial charge >= 0.3 is 0 Å². The van der Waals surface area contributed by atoms with E-state index in [0.29, 0.717) is 12.0 Å². The standard InChI is InChI=1S/C22H24N6O2/c1-28-12-13(10-25-28)20-16-11-24-27-21(30)15-7-14(8-17(26-20)19(15)16)22(9-18(23)29)5-3-2-4-6-22/h7-8,10-12,26H,2-6,9H2,1H3,(H2,23,29)(H,27,30). The zero-order valence-electron chi connectivity index (χ0n) is 16.9. The number of aromatic amines is 1. The van der Waals surface area contributed by atoms with E-state index in [4.69, 9.17) is 5.73 Å². The molecule has 5 rings (SSSR count). The maximum absolute atomic E-state index is 12.9. The van der Waals surface area contributed by atoms with Gasteiger partial charge in [0.25, 0.3) is 5.91 Å². The summed E-state index contributed by atoms with van der Waals surface area (Å²) < 4.78 is 1.74. The Bertz CT molecular complexity index is 1200. The molecule has 0 saturated heterocycles. The number of aryl methyl sites for hydroxylation is 1. The molecule has 1 aliphatic carbocycles. The largest absolute Gasteiger partial charge is 0.370 e. The van der Waals surface area contributed by atoms with Gasteiger partial charge in [-0.05, 0) is 30.5 Å². The number of hydrazone groups is 1. The molecule has 8 heteroatoms. The molecule has 8 nitrogen and oxygen atoms in total. The van der Waals surface area contributed by atoms with E-state index in [2.05, 4.69) is 26.7 Å². The van der Waals surface area contributed by atoms with Crippen LogP contribution in [-0.2, 0) is 17.3 Å². The van der Waals surface area contributed by atoms with E-state index < -0.39 is 0 Å². The number of carbonyl (C=O) groups excluding carboxylic acids is 2. The lowest BCUT2D eigenvalue weighted by Crippen LogP contribution is -2.34. The van der Waals surface area contributed by atoms with Gasteiger partial charge in [-0.15, -0.1) is 0 Å². The summed E-state index contributed by atoms with van der Waals surface area (Å²) in [6.07, 6.45) is 10.7. The minimum Gasteiger partial charge on any atom is -0.370 e. The number of carbonyl (C=O) groups is 2. The quantitative estimate of drug-likeness (QED) is 0.620. The first-order chi connectivity index (χ1) is 14.5. The van der Waals surface area contributed by atoms with E-state index in [1.165, 1.54) is 0 Å². The highest BCUT2D eigenvalue weighted by Gasteiger charge is 2.37. The van der Waals surface area contributed by atoms with Crippen molar-refractivity contribution in [3.63, 3.8) is 0 Å². The molecule has 0 atom stereocenters. The molecule has 2 aliphatic rings. The molecule has 154 valence electrons. The van der Waals surface area contributed by atoms with Crippen molar-refractivity contribution in [2.24, 2.45) is 17.9 Å². The van der Waals surface area contributed by atoms with Gasteiger partial charge in [-0.25, -0.2) is 5.43 Å². The summed E-state index contributed by atoms with van der Waals surface area (Å²) in [6.45, 7) is 0.